The highest BCUT2D eigenvalue weighted by Crippen LogP contribution is 2.24. The monoisotopic (exact) mass is 322 g/mol. The van der Waals surface area contributed by atoms with Crippen LogP contribution in [0.3, 0.4) is 0 Å². The van der Waals surface area contributed by atoms with Crippen LogP contribution in [0.4, 0.5) is 0 Å². The van der Waals surface area contributed by atoms with Gasteiger partial charge in [-0.2, -0.15) is 0 Å². The van der Waals surface area contributed by atoms with Gasteiger partial charge in [0, 0.05) is 24.8 Å². The Balaban J connectivity index is 1.71. The van der Waals surface area contributed by atoms with Gasteiger partial charge >= 0.3 is 5.69 Å². The zero-order valence-electron chi connectivity index (χ0n) is 14.0. The molecule has 1 saturated heterocycles. The number of hydrogen-bond donors (Lipinski definition) is 1. The summed E-state index contributed by atoms with van der Waals surface area (Å²) in [4.78, 5) is 22.1. The van der Waals surface area contributed by atoms with Gasteiger partial charge in [-0.3, -0.25) is 9.55 Å². The quantitative estimate of drug-likeness (QED) is 0.803. The molecule has 5 heteroatoms. The first-order chi connectivity index (χ1) is 11.7. The van der Waals surface area contributed by atoms with Crippen LogP contribution in [0.2, 0.25) is 0 Å². The summed E-state index contributed by atoms with van der Waals surface area (Å²) in [5.74, 6) is 0. The molecule has 0 spiro atoms. The van der Waals surface area contributed by atoms with Crippen LogP contribution in [0.5, 0.6) is 0 Å². The fourth-order valence-electron chi connectivity index (χ4n) is 3.55. The Labute approximate surface area is 140 Å². The second-order valence-corrected chi connectivity index (χ2v) is 6.54. The Morgan fingerprint density at radius 3 is 2.75 bits per heavy atom. The topological polar surface area (TPSA) is 53.9 Å². The molecule has 124 valence electrons. The number of rotatable bonds is 4. The summed E-state index contributed by atoms with van der Waals surface area (Å²) < 4.78 is 1.82. The Morgan fingerprint density at radius 2 is 1.96 bits per heavy atom. The molecule has 4 rings (SSSR count). The summed E-state index contributed by atoms with van der Waals surface area (Å²) in [6.45, 7) is 6.00. The number of aromatic amines is 1. The van der Waals surface area contributed by atoms with E-state index in [9.17, 15) is 4.79 Å². The molecule has 2 aromatic heterocycles. The number of H-pyrrole nitrogens is 1. The van der Waals surface area contributed by atoms with Crippen molar-refractivity contribution in [1.82, 2.24) is 19.4 Å². The summed E-state index contributed by atoms with van der Waals surface area (Å²) in [5, 5.41) is 0. The van der Waals surface area contributed by atoms with Crippen LogP contribution in [-0.2, 0) is 6.54 Å². The van der Waals surface area contributed by atoms with E-state index < -0.39 is 0 Å². The average Bonchev–Trinajstić information content (AvgIpc) is 3.20. The van der Waals surface area contributed by atoms with Crippen LogP contribution < -0.4 is 5.69 Å². The van der Waals surface area contributed by atoms with Crippen LogP contribution in [0.15, 0.2) is 41.3 Å². The summed E-state index contributed by atoms with van der Waals surface area (Å²) in [6, 6.07) is 10.3. The molecule has 0 atom stereocenters. The number of benzene rings is 1. The number of nitrogens with one attached hydrogen (secondary N) is 1. The normalized spacial score (nSPS) is 15.4. The van der Waals surface area contributed by atoms with Crippen molar-refractivity contribution < 1.29 is 0 Å². The Bertz CT molecular complexity index is 919. The second kappa shape index (κ2) is 6.24. The second-order valence-electron chi connectivity index (χ2n) is 6.54. The van der Waals surface area contributed by atoms with Gasteiger partial charge in [-0.05, 0) is 50.0 Å². The van der Waals surface area contributed by atoms with Crippen LogP contribution in [-0.4, -0.2) is 39.1 Å². The molecule has 24 heavy (non-hydrogen) atoms. The number of aryl methyl sites for hydroxylation is 1. The molecule has 3 aromatic rings. The smallest absolute Gasteiger partial charge is 0.302 e. The highest BCUT2D eigenvalue weighted by Gasteiger charge is 2.14. The zero-order valence-corrected chi connectivity index (χ0v) is 14.0. The number of pyridine rings is 1. The third-order valence-electron chi connectivity index (χ3n) is 4.92. The molecule has 0 amide bonds. The largest absolute Gasteiger partial charge is 0.327 e. The molecular weight excluding hydrogens is 300 g/mol. The lowest BCUT2D eigenvalue weighted by Gasteiger charge is -2.14. The first-order valence-corrected chi connectivity index (χ1v) is 8.59. The van der Waals surface area contributed by atoms with E-state index >= 15 is 0 Å². The maximum Gasteiger partial charge on any atom is 0.327 e. The van der Waals surface area contributed by atoms with Gasteiger partial charge in [-0.25, -0.2) is 9.78 Å². The molecule has 3 heterocycles. The minimum atomic E-state index is -0.0707. The van der Waals surface area contributed by atoms with Crippen molar-refractivity contribution in [2.24, 2.45) is 0 Å². The van der Waals surface area contributed by atoms with E-state index in [4.69, 9.17) is 0 Å². The van der Waals surface area contributed by atoms with Gasteiger partial charge in [0.2, 0.25) is 0 Å². The van der Waals surface area contributed by atoms with Gasteiger partial charge in [0.15, 0.2) is 5.65 Å². The van der Waals surface area contributed by atoms with E-state index in [-0.39, 0.29) is 5.69 Å². The Morgan fingerprint density at radius 1 is 1.17 bits per heavy atom. The standard InChI is InChI=1S/C19H22N4O/c1-14-6-2-3-7-16(14)15-12-17-18(20-13-15)21-19(24)23(17)11-10-22-8-4-5-9-22/h2-3,6-7,12-13H,4-5,8-11H2,1H3,(H,20,21,24). The van der Waals surface area contributed by atoms with Crippen LogP contribution >= 0.6 is 0 Å². The van der Waals surface area contributed by atoms with Crippen molar-refractivity contribution in [2.45, 2.75) is 26.3 Å². The van der Waals surface area contributed by atoms with E-state index in [0.29, 0.717) is 12.2 Å². The fourth-order valence-corrected chi connectivity index (χ4v) is 3.55. The van der Waals surface area contributed by atoms with Crippen molar-refractivity contribution in [3.05, 3.63) is 52.6 Å². The number of hydrogen-bond acceptors (Lipinski definition) is 3. The van der Waals surface area contributed by atoms with E-state index in [1.165, 1.54) is 18.4 Å². The predicted octanol–water partition coefficient (Wildman–Crippen LogP) is 2.80. The van der Waals surface area contributed by atoms with Crippen molar-refractivity contribution in [3.63, 3.8) is 0 Å². The first-order valence-electron chi connectivity index (χ1n) is 8.59. The van der Waals surface area contributed by atoms with Gasteiger partial charge < -0.3 is 4.90 Å². The molecule has 1 fully saturated rings. The minimum absolute atomic E-state index is 0.0707. The van der Waals surface area contributed by atoms with Crippen molar-refractivity contribution >= 4 is 11.2 Å². The summed E-state index contributed by atoms with van der Waals surface area (Å²) in [7, 11) is 0. The number of imidazole rings is 1. The number of likely N-dealkylation sites (tertiary alicyclic amines) is 1. The maximum absolute atomic E-state index is 12.3. The lowest BCUT2D eigenvalue weighted by Crippen LogP contribution is -2.28. The molecule has 1 aromatic carbocycles. The molecule has 0 unspecified atom stereocenters. The summed E-state index contributed by atoms with van der Waals surface area (Å²) >= 11 is 0. The molecule has 1 N–H and O–H groups in total. The molecule has 0 aliphatic carbocycles. The van der Waals surface area contributed by atoms with Crippen molar-refractivity contribution in [2.75, 3.05) is 19.6 Å². The molecule has 0 saturated carbocycles. The SMILES string of the molecule is Cc1ccccc1-c1cnc2[nH]c(=O)n(CCN3CCCC3)c2c1. The van der Waals surface area contributed by atoms with Crippen molar-refractivity contribution in [1.29, 1.82) is 0 Å². The molecule has 1 aliphatic heterocycles. The number of nitrogens with zero attached hydrogens (tertiary/aromatic N) is 3. The van der Waals surface area contributed by atoms with Gasteiger partial charge in [0.1, 0.15) is 0 Å². The molecular formula is C19H22N4O. The van der Waals surface area contributed by atoms with Gasteiger partial charge in [0.25, 0.3) is 0 Å². The fraction of sp³-hybridized carbons (Fsp3) is 0.368. The molecule has 5 nitrogen and oxygen atoms in total. The maximum atomic E-state index is 12.3. The van der Waals surface area contributed by atoms with Crippen LogP contribution in [0.25, 0.3) is 22.3 Å². The van der Waals surface area contributed by atoms with E-state index in [1.54, 1.807) is 0 Å². The van der Waals surface area contributed by atoms with Gasteiger partial charge in [0.05, 0.1) is 5.52 Å². The third kappa shape index (κ3) is 2.76. The predicted molar refractivity (Wildman–Crippen MR) is 96.2 cm³/mol. The van der Waals surface area contributed by atoms with E-state index in [2.05, 4.69) is 40.0 Å². The highest BCUT2D eigenvalue weighted by atomic mass is 16.1. The van der Waals surface area contributed by atoms with Crippen LogP contribution in [0.1, 0.15) is 18.4 Å². The highest BCUT2D eigenvalue weighted by molar-refractivity contribution is 5.79. The van der Waals surface area contributed by atoms with Gasteiger partial charge in [-0.1, -0.05) is 24.3 Å². The van der Waals surface area contributed by atoms with E-state index in [0.717, 1.165) is 36.3 Å². The third-order valence-corrected chi connectivity index (χ3v) is 4.92. The van der Waals surface area contributed by atoms with Gasteiger partial charge in [-0.15, -0.1) is 0 Å². The van der Waals surface area contributed by atoms with Crippen LogP contribution in [0, 0.1) is 6.92 Å². The zero-order chi connectivity index (χ0) is 16.5. The van der Waals surface area contributed by atoms with E-state index in [1.807, 2.05) is 22.9 Å². The molecule has 1 aliphatic rings. The first kappa shape index (κ1) is 15.1. The average molecular weight is 322 g/mol. The number of aromatic nitrogens is 3. The van der Waals surface area contributed by atoms with Crippen molar-refractivity contribution in [3.8, 4) is 11.1 Å². The summed E-state index contributed by atoms with van der Waals surface area (Å²) in [6.07, 6.45) is 4.37. The Kier molecular flexibility index (Phi) is 3.94. The lowest BCUT2D eigenvalue weighted by atomic mass is 10.0. The Hall–Kier alpha value is -2.40. The summed E-state index contributed by atoms with van der Waals surface area (Å²) in [5.41, 5.74) is 4.90. The molecule has 0 bridgehead atoms. The lowest BCUT2D eigenvalue weighted by molar-refractivity contribution is 0.322. The minimum Gasteiger partial charge on any atom is -0.302 e. The number of fused-ring (bicyclic) bond motifs is 1. The molecule has 0 radical (unpaired) electrons.